The predicted molar refractivity (Wildman–Crippen MR) is 134 cm³/mol. The average molecular weight is 477 g/mol. The molecule has 0 spiro atoms. The van der Waals surface area contributed by atoms with Gasteiger partial charge in [0.2, 0.25) is 0 Å². The molecule has 1 atom stereocenters. The number of aliphatic hydroxyl groups is 1. The first-order valence-electron chi connectivity index (χ1n) is 11.2. The van der Waals surface area contributed by atoms with Crippen molar-refractivity contribution in [1.82, 2.24) is 19.9 Å². The largest absolute Gasteiger partial charge is 0.395 e. The molecule has 1 aliphatic heterocycles. The molecule has 0 radical (unpaired) electrons. The summed E-state index contributed by atoms with van der Waals surface area (Å²) in [5.41, 5.74) is 4.28. The van der Waals surface area contributed by atoms with Crippen molar-refractivity contribution < 1.29 is 9.90 Å². The van der Waals surface area contributed by atoms with Crippen LogP contribution in [0.3, 0.4) is 0 Å². The first-order chi connectivity index (χ1) is 16.6. The second-order valence-corrected chi connectivity index (χ2v) is 8.67. The summed E-state index contributed by atoms with van der Waals surface area (Å²) in [6.07, 6.45) is 4.43. The lowest BCUT2D eigenvalue weighted by Gasteiger charge is -2.22. The lowest BCUT2D eigenvalue weighted by molar-refractivity contribution is 0.102. The maximum atomic E-state index is 13.2. The van der Waals surface area contributed by atoms with E-state index in [2.05, 4.69) is 25.6 Å². The van der Waals surface area contributed by atoms with Gasteiger partial charge in [0.25, 0.3) is 5.91 Å². The summed E-state index contributed by atoms with van der Waals surface area (Å²) in [5, 5.41) is 20.4. The van der Waals surface area contributed by atoms with Gasteiger partial charge in [-0.1, -0.05) is 35.9 Å². The van der Waals surface area contributed by atoms with Crippen LogP contribution in [0.2, 0.25) is 5.02 Å². The number of nitrogens with one attached hydrogen (secondary N) is 2. The van der Waals surface area contributed by atoms with Gasteiger partial charge in [0.1, 0.15) is 5.69 Å². The molecule has 8 nitrogen and oxygen atoms in total. The highest BCUT2D eigenvalue weighted by Crippen LogP contribution is 2.30. The zero-order chi connectivity index (χ0) is 23.5. The average Bonchev–Trinajstić information content (AvgIpc) is 3.50. The van der Waals surface area contributed by atoms with Crippen LogP contribution < -0.4 is 15.5 Å². The first-order valence-corrected chi connectivity index (χ1v) is 11.6. The number of fused-ring (bicyclic) bond motifs is 1. The topological polar surface area (TPSA) is 94.8 Å². The molecule has 2 aromatic carbocycles. The van der Waals surface area contributed by atoms with E-state index < -0.39 is 0 Å². The van der Waals surface area contributed by atoms with Crippen LogP contribution in [-0.4, -0.2) is 57.9 Å². The number of hydrogen-bond acceptors (Lipinski definition) is 6. The predicted octanol–water partition coefficient (Wildman–Crippen LogP) is 3.46. The highest BCUT2D eigenvalue weighted by molar-refractivity contribution is 6.30. The number of amides is 1. The minimum absolute atomic E-state index is 0.122. The van der Waals surface area contributed by atoms with Gasteiger partial charge in [0.05, 0.1) is 24.2 Å². The number of hydrogen-bond donors (Lipinski definition) is 3. The molecule has 9 heteroatoms. The third-order valence-electron chi connectivity index (χ3n) is 5.96. The molecule has 3 heterocycles. The van der Waals surface area contributed by atoms with Gasteiger partial charge in [-0.2, -0.15) is 5.10 Å². The van der Waals surface area contributed by atoms with Crippen LogP contribution in [0.25, 0.3) is 16.8 Å². The third kappa shape index (κ3) is 4.61. The van der Waals surface area contributed by atoms with E-state index in [1.165, 1.54) is 0 Å². The van der Waals surface area contributed by atoms with Gasteiger partial charge < -0.3 is 20.6 Å². The first kappa shape index (κ1) is 22.3. The van der Waals surface area contributed by atoms with E-state index >= 15 is 0 Å². The Kier molecular flexibility index (Phi) is 6.44. The highest BCUT2D eigenvalue weighted by atomic mass is 35.5. The van der Waals surface area contributed by atoms with Crippen molar-refractivity contribution in [2.45, 2.75) is 12.5 Å². The molecule has 0 unspecified atom stereocenters. The Labute approximate surface area is 202 Å². The minimum atomic E-state index is -0.289. The molecule has 1 fully saturated rings. The molecule has 0 saturated carbocycles. The van der Waals surface area contributed by atoms with Crippen LogP contribution in [0.4, 0.5) is 11.4 Å². The Morgan fingerprint density at radius 1 is 1.18 bits per heavy atom. The van der Waals surface area contributed by atoms with Crippen LogP contribution >= 0.6 is 11.6 Å². The lowest BCUT2D eigenvalue weighted by atomic mass is 10.1. The van der Waals surface area contributed by atoms with E-state index in [-0.39, 0.29) is 12.5 Å². The molecule has 0 aliphatic carbocycles. The number of rotatable bonds is 7. The number of aromatic nitrogens is 3. The molecule has 34 heavy (non-hydrogen) atoms. The Morgan fingerprint density at radius 3 is 2.91 bits per heavy atom. The van der Waals surface area contributed by atoms with E-state index in [1.54, 1.807) is 23.0 Å². The van der Waals surface area contributed by atoms with Crippen LogP contribution in [0, 0.1) is 0 Å². The van der Waals surface area contributed by atoms with Crippen molar-refractivity contribution in [2.24, 2.45) is 0 Å². The number of carbonyl (C=O) groups excluding carboxylic acids is 1. The second kappa shape index (κ2) is 9.80. The van der Waals surface area contributed by atoms with Gasteiger partial charge in [-0.3, -0.25) is 4.79 Å². The van der Waals surface area contributed by atoms with Crippen LogP contribution in [0.1, 0.15) is 16.9 Å². The van der Waals surface area contributed by atoms with E-state index in [1.807, 2.05) is 48.5 Å². The summed E-state index contributed by atoms with van der Waals surface area (Å²) in [5.74, 6) is -0.289. The van der Waals surface area contributed by atoms with E-state index in [0.29, 0.717) is 29.0 Å². The Hall–Kier alpha value is -3.46. The molecule has 174 valence electrons. The van der Waals surface area contributed by atoms with Crippen molar-refractivity contribution in [3.05, 3.63) is 77.7 Å². The number of aliphatic hydroxyl groups excluding tert-OH is 1. The van der Waals surface area contributed by atoms with Crippen molar-refractivity contribution in [3.63, 3.8) is 0 Å². The number of para-hydroxylation sites is 2. The van der Waals surface area contributed by atoms with Gasteiger partial charge in [-0.05, 0) is 42.3 Å². The molecule has 2 aromatic heterocycles. The summed E-state index contributed by atoms with van der Waals surface area (Å²) < 4.78 is 1.64. The summed E-state index contributed by atoms with van der Waals surface area (Å²) in [6, 6.07) is 17.2. The zero-order valence-electron chi connectivity index (χ0n) is 18.5. The van der Waals surface area contributed by atoms with E-state index in [4.69, 9.17) is 16.7 Å². The number of carbonyl (C=O) groups is 1. The number of nitrogens with zero attached hydrogens (tertiary/aromatic N) is 4. The molecular weight excluding hydrogens is 452 g/mol. The normalized spacial score (nSPS) is 15.7. The van der Waals surface area contributed by atoms with Gasteiger partial charge in [-0.15, -0.1) is 0 Å². The Balaban J connectivity index is 1.38. The fourth-order valence-electron chi connectivity index (χ4n) is 4.31. The van der Waals surface area contributed by atoms with Crippen LogP contribution in [0.15, 0.2) is 67.0 Å². The zero-order valence-corrected chi connectivity index (χ0v) is 19.2. The number of benzene rings is 2. The fraction of sp³-hybridized carbons (Fsp3) is 0.240. The lowest BCUT2D eigenvalue weighted by Crippen LogP contribution is -2.34. The van der Waals surface area contributed by atoms with Crippen LogP contribution in [0.5, 0.6) is 0 Å². The van der Waals surface area contributed by atoms with Gasteiger partial charge >= 0.3 is 0 Å². The molecule has 5 rings (SSSR count). The molecule has 0 bridgehead atoms. The standard InChI is InChI=1S/C25H25ClN6O2/c26-18-5-3-4-17(14-18)20-15-28-32-12-9-22(29-24(20)32)25(34)30-21-6-1-2-7-23(21)31-11-8-19(16-31)27-10-13-33/h1-7,9,12,14-15,19,27,33H,8,10-11,13,16H2,(H,30,34)/t19-/m1/s1. The van der Waals surface area contributed by atoms with Crippen molar-refractivity contribution in [3.8, 4) is 11.1 Å². The van der Waals surface area contributed by atoms with E-state index in [0.717, 1.165) is 42.0 Å². The SMILES string of the molecule is O=C(Nc1ccccc1N1CC[C@@H](NCCO)C1)c1ccn2ncc(-c3cccc(Cl)c3)c2n1. The maximum absolute atomic E-state index is 13.2. The highest BCUT2D eigenvalue weighted by Gasteiger charge is 2.24. The van der Waals surface area contributed by atoms with Crippen molar-refractivity contribution >= 4 is 34.5 Å². The molecule has 1 saturated heterocycles. The Morgan fingerprint density at radius 2 is 2.06 bits per heavy atom. The number of anilines is 2. The molecule has 4 aromatic rings. The molecular formula is C25H25ClN6O2. The molecule has 1 aliphatic rings. The van der Waals surface area contributed by atoms with Gasteiger partial charge in [-0.25, -0.2) is 9.50 Å². The fourth-order valence-corrected chi connectivity index (χ4v) is 4.50. The quantitative estimate of drug-likeness (QED) is 0.378. The molecule has 1 amide bonds. The smallest absolute Gasteiger partial charge is 0.274 e. The summed E-state index contributed by atoms with van der Waals surface area (Å²) in [4.78, 5) is 20.0. The Bertz CT molecular complexity index is 1320. The van der Waals surface area contributed by atoms with Crippen molar-refractivity contribution in [2.75, 3.05) is 36.5 Å². The van der Waals surface area contributed by atoms with Crippen molar-refractivity contribution in [1.29, 1.82) is 0 Å². The monoisotopic (exact) mass is 476 g/mol. The minimum Gasteiger partial charge on any atom is -0.395 e. The van der Waals surface area contributed by atoms with Crippen LogP contribution in [-0.2, 0) is 0 Å². The second-order valence-electron chi connectivity index (χ2n) is 8.23. The summed E-state index contributed by atoms with van der Waals surface area (Å²) in [7, 11) is 0. The summed E-state index contributed by atoms with van der Waals surface area (Å²) in [6.45, 7) is 2.39. The molecule has 3 N–H and O–H groups in total. The number of halogens is 1. The summed E-state index contributed by atoms with van der Waals surface area (Å²) >= 11 is 6.16. The third-order valence-corrected chi connectivity index (χ3v) is 6.20. The van der Waals surface area contributed by atoms with Gasteiger partial charge in [0, 0.05) is 42.5 Å². The van der Waals surface area contributed by atoms with Gasteiger partial charge in [0.15, 0.2) is 5.65 Å². The maximum Gasteiger partial charge on any atom is 0.274 e. The van der Waals surface area contributed by atoms with E-state index in [9.17, 15) is 4.79 Å².